The third-order valence-electron chi connectivity index (χ3n) is 2.39. The minimum atomic E-state index is -0.413. The Hall–Kier alpha value is -2.15. The van der Waals surface area contributed by atoms with Gasteiger partial charge in [0.2, 0.25) is 4.80 Å². The summed E-state index contributed by atoms with van der Waals surface area (Å²) < 4.78 is 1.80. The first-order valence-electron chi connectivity index (χ1n) is 4.76. The van der Waals surface area contributed by atoms with Crippen molar-refractivity contribution in [2.75, 3.05) is 0 Å². The Balaban J connectivity index is 2.57. The van der Waals surface area contributed by atoms with Gasteiger partial charge in [0.15, 0.2) is 0 Å². The molecule has 0 unspecified atom stereocenters. The van der Waals surface area contributed by atoms with E-state index in [9.17, 15) is 10.1 Å². The SMILES string of the molecule is Cn1c(-c2cccc([N+](=O)[O-])c2)csc1=NN. The van der Waals surface area contributed by atoms with Gasteiger partial charge >= 0.3 is 0 Å². The van der Waals surface area contributed by atoms with Crippen LogP contribution in [-0.2, 0) is 7.05 Å². The average molecular weight is 250 g/mol. The lowest BCUT2D eigenvalue weighted by Gasteiger charge is -2.02. The van der Waals surface area contributed by atoms with Gasteiger partial charge in [-0.05, 0) is 0 Å². The molecule has 0 aliphatic rings. The number of hydrogen-bond acceptors (Lipinski definition) is 5. The summed E-state index contributed by atoms with van der Waals surface area (Å²) >= 11 is 1.39. The molecule has 0 saturated heterocycles. The molecule has 2 N–H and O–H groups in total. The molecule has 17 heavy (non-hydrogen) atoms. The van der Waals surface area contributed by atoms with Gasteiger partial charge in [0.05, 0.1) is 10.6 Å². The van der Waals surface area contributed by atoms with Crippen molar-refractivity contribution in [1.82, 2.24) is 4.57 Å². The Morgan fingerprint density at radius 3 is 2.88 bits per heavy atom. The molecular formula is C10H10N4O2S. The van der Waals surface area contributed by atoms with Gasteiger partial charge in [0, 0.05) is 30.1 Å². The number of rotatable bonds is 2. The van der Waals surface area contributed by atoms with Crippen LogP contribution in [0.1, 0.15) is 0 Å². The predicted molar refractivity (Wildman–Crippen MR) is 65.1 cm³/mol. The van der Waals surface area contributed by atoms with Crippen LogP contribution >= 0.6 is 11.3 Å². The van der Waals surface area contributed by atoms with E-state index in [1.165, 1.54) is 23.5 Å². The number of nitro groups is 1. The summed E-state index contributed by atoms with van der Waals surface area (Å²) in [6.45, 7) is 0. The Kier molecular flexibility index (Phi) is 2.92. The highest BCUT2D eigenvalue weighted by molar-refractivity contribution is 7.07. The first-order valence-corrected chi connectivity index (χ1v) is 5.64. The Labute approximate surface area is 101 Å². The van der Waals surface area contributed by atoms with Gasteiger partial charge in [-0.1, -0.05) is 12.1 Å². The zero-order chi connectivity index (χ0) is 12.4. The second-order valence-corrected chi connectivity index (χ2v) is 4.24. The van der Waals surface area contributed by atoms with Crippen molar-refractivity contribution in [2.45, 2.75) is 0 Å². The zero-order valence-electron chi connectivity index (χ0n) is 9.03. The van der Waals surface area contributed by atoms with Crippen molar-refractivity contribution in [2.24, 2.45) is 18.0 Å². The fraction of sp³-hybridized carbons (Fsp3) is 0.100. The van der Waals surface area contributed by atoms with Gasteiger partial charge in [-0.2, -0.15) is 5.10 Å². The van der Waals surface area contributed by atoms with Crippen LogP contribution in [0.4, 0.5) is 5.69 Å². The van der Waals surface area contributed by atoms with Crippen LogP contribution in [0.2, 0.25) is 0 Å². The summed E-state index contributed by atoms with van der Waals surface area (Å²) in [5.41, 5.74) is 1.69. The Bertz CT molecular complexity index is 629. The van der Waals surface area contributed by atoms with Crippen molar-refractivity contribution < 1.29 is 4.92 Å². The molecule has 0 bridgehead atoms. The van der Waals surface area contributed by atoms with Gasteiger partial charge in [0.1, 0.15) is 0 Å². The molecule has 1 aromatic carbocycles. The van der Waals surface area contributed by atoms with Crippen molar-refractivity contribution in [3.8, 4) is 11.3 Å². The first-order chi connectivity index (χ1) is 8.13. The van der Waals surface area contributed by atoms with Crippen LogP contribution in [0.25, 0.3) is 11.3 Å². The van der Waals surface area contributed by atoms with E-state index < -0.39 is 4.92 Å². The largest absolute Gasteiger partial charge is 0.320 e. The quantitative estimate of drug-likeness (QED) is 0.497. The van der Waals surface area contributed by atoms with Crippen LogP contribution in [0.5, 0.6) is 0 Å². The maximum absolute atomic E-state index is 10.7. The van der Waals surface area contributed by atoms with E-state index in [0.29, 0.717) is 4.80 Å². The third-order valence-corrected chi connectivity index (χ3v) is 3.32. The van der Waals surface area contributed by atoms with E-state index in [1.54, 1.807) is 10.6 Å². The van der Waals surface area contributed by atoms with E-state index in [0.717, 1.165) is 11.3 Å². The summed E-state index contributed by atoms with van der Waals surface area (Å²) in [4.78, 5) is 10.9. The third kappa shape index (κ3) is 2.04. The van der Waals surface area contributed by atoms with E-state index in [1.807, 2.05) is 18.5 Å². The van der Waals surface area contributed by atoms with Crippen LogP contribution in [-0.4, -0.2) is 9.49 Å². The van der Waals surface area contributed by atoms with Crippen LogP contribution in [0.15, 0.2) is 34.7 Å². The zero-order valence-corrected chi connectivity index (χ0v) is 9.85. The molecule has 1 aromatic heterocycles. The molecule has 7 heteroatoms. The van der Waals surface area contributed by atoms with Crippen LogP contribution in [0.3, 0.4) is 0 Å². The number of nitrogens with zero attached hydrogens (tertiary/aromatic N) is 3. The number of hydrogen-bond donors (Lipinski definition) is 1. The summed E-state index contributed by atoms with van der Waals surface area (Å²) in [5.74, 6) is 5.23. The van der Waals surface area contributed by atoms with Crippen molar-refractivity contribution in [3.05, 3.63) is 44.6 Å². The van der Waals surface area contributed by atoms with E-state index >= 15 is 0 Å². The van der Waals surface area contributed by atoms with Gasteiger partial charge in [-0.25, -0.2) is 0 Å². The number of aromatic nitrogens is 1. The van der Waals surface area contributed by atoms with Gasteiger partial charge in [0.25, 0.3) is 5.69 Å². The molecule has 0 aliphatic heterocycles. The van der Waals surface area contributed by atoms with E-state index in [4.69, 9.17) is 5.84 Å². The molecule has 1 heterocycles. The van der Waals surface area contributed by atoms with Crippen LogP contribution < -0.4 is 10.6 Å². The van der Waals surface area contributed by atoms with Gasteiger partial charge in [-0.3, -0.25) is 10.1 Å². The Morgan fingerprint density at radius 2 is 2.29 bits per heavy atom. The molecule has 0 fully saturated rings. The molecule has 88 valence electrons. The fourth-order valence-corrected chi connectivity index (χ4v) is 2.36. The minimum Gasteiger partial charge on any atom is -0.320 e. The molecular weight excluding hydrogens is 240 g/mol. The second-order valence-electron chi connectivity index (χ2n) is 3.40. The summed E-state index contributed by atoms with van der Waals surface area (Å²) in [5, 5.41) is 16.2. The number of nitro benzene ring substituents is 1. The number of non-ortho nitro benzene ring substituents is 1. The van der Waals surface area contributed by atoms with Crippen LogP contribution in [0, 0.1) is 10.1 Å². The normalized spacial score (nSPS) is 11.7. The maximum atomic E-state index is 10.7. The first kappa shape index (κ1) is 11.3. The Morgan fingerprint density at radius 1 is 1.53 bits per heavy atom. The van der Waals surface area contributed by atoms with Crippen molar-refractivity contribution in [3.63, 3.8) is 0 Å². The smallest absolute Gasteiger partial charge is 0.270 e. The lowest BCUT2D eigenvalue weighted by Crippen LogP contribution is -2.13. The van der Waals surface area contributed by atoms with Crippen molar-refractivity contribution >= 4 is 17.0 Å². The molecule has 0 atom stereocenters. The summed E-state index contributed by atoms with van der Waals surface area (Å²) in [7, 11) is 1.82. The molecule has 0 aliphatic carbocycles. The number of nitrogens with two attached hydrogens (primary N) is 1. The summed E-state index contributed by atoms with van der Waals surface area (Å²) in [6, 6.07) is 6.46. The van der Waals surface area contributed by atoms with E-state index in [2.05, 4.69) is 5.10 Å². The highest BCUT2D eigenvalue weighted by atomic mass is 32.1. The highest BCUT2D eigenvalue weighted by Crippen LogP contribution is 2.23. The number of thiazole rings is 1. The average Bonchev–Trinajstić information content (AvgIpc) is 2.70. The minimum absolute atomic E-state index is 0.0694. The maximum Gasteiger partial charge on any atom is 0.270 e. The summed E-state index contributed by atoms with van der Waals surface area (Å²) in [6.07, 6.45) is 0. The van der Waals surface area contributed by atoms with Gasteiger partial charge < -0.3 is 10.4 Å². The lowest BCUT2D eigenvalue weighted by molar-refractivity contribution is -0.384. The standard InChI is InChI=1S/C10H10N4O2S/c1-13-9(6-17-10(13)12-11)7-3-2-4-8(5-7)14(15)16/h2-6H,11H2,1H3. The van der Waals surface area contributed by atoms with E-state index in [-0.39, 0.29) is 5.69 Å². The highest BCUT2D eigenvalue weighted by Gasteiger charge is 2.09. The molecule has 0 saturated carbocycles. The molecule has 2 rings (SSSR count). The predicted octanol–water partition coefficient (Wildman–Crippen LogP) is 1.44. The molecule has 0 spiro atoms. The second kappa shape index (κ2) is 4.38. The lowest BCUT2D eigenvalue weighted by atomic mass is 10.1. The fourth-order valence-electron chi connectivity index (χ4n) is 1.53. The molecule has 2 aromatic rings. The van der Waals surface area contributed by atoms with Gasteiger partial charge in [-0.15, -0.1) is 11.3 Å². The molecule has 6 nitrogen and oxygen atoms in total. The monoisotopic (exact) mass is 250 g/mol. The topological polar surface area (TPSA) is 86.4 Å². The number of benzene rings is 1. The molecule has 0 amide bonds. The molecule has 0 radical (unpaired) electrons. The van der Waals surface area contributed by atoms with Crippen molar-refractivity contribution in [1.29, 1.82) is 0 Å².